The first-order chi connectivity index (χ1) is 10.6. The van der Waals surface area contributed by atoms with Crippen molar-refractivity contribution in [2.75, 3.05) is 25.4 Å². The van der Waals surface area contributed by atoms with Crippen LogP contribution in [0.25, 0.3) is 0 Å². The number of hydrogen-bond acceptors (Lipinski definition) is 7. The van der Waals surface area contributed by atoms with Crippen molar-refractivity contribution in [3.63, 3.8) is 0 Å². The Morgan fingerprint density at radius 2 is 2.27 bits per heavy atom. The zero-order chi connectivity index (χ0) is 15.9. The summed E-state index contributed by atoms with van der Waals surface area (Å²) in [5.74, 6) is -0.533. The summed E-state index contributed by atoms with van der Waals surface area (Å²) in [6, 6.07) is 3.68. The summed E-state index contributed by atoms with van der Waals surface area (Å²) < 4.78 is 5.42. The fourth-order valence-electron chi connectivity index (χ4n) is 1.71. The molecular weight excluding hydrogens is 344 g/mol. The van der Waals surface area contributed by atoms with Crippen molar-refractivity contribution in [1.82, 2.24) is 10.2 Å². The molecule has 0 spiro atoms. The Kier molecular flexibility index (Phi) is 6.34. The van der Waals surface area contributed by atoms with Crippen LogP contribution >= 0.6 is 35.3 Å². The fourth-order valence-corrected chi connectivity index (χ4v) is 3.52. The third kappa shape index (κ3) is 5.08. The molecule has 0 unspecified atom stereocenters. The van der Waals surface area contributed by atoms with Crippen LogP contribution in [-0.4, -0.2) is 52.5 Å². The van der Waals surface area contributed by atoms with Crippen molar-refractivity contribution in [3.8, 4) is 0 Å². The Morgan fingerprint density at radius 3 is 2.91 bits per heavy atom. The highest BCUT2D eigenvalue weighted by Gasteiger charge is 2.25. The molecule has 1 aromatic heterocycles. The number of rotatable bonds is 7. The predicted octanol–water partition coefficient (Wildman–Crippen LogP) is 0.810. The van der Waals surface area contributed by atoms with Crippen molar-refractivity contribution < 1.29 is 19.1 Å². The number of nitrogens with one attached hydrogen (secondary N) is 1. The van der Waals surface area contributed by atoms with Gasteiger partial charge in [-0.3, -0.25) is 19.3 Å². The average Bonchev–Trinajstić information content (AvgIpc) is 3.09. The van der Waals surface area contributed by atoms with Gasteiger partial charge in [0.15, 0.2) is 6.61 Å². The first-order valence-corrected chi connectivity index (χ1v) is 8.75. The average molecular weight is 358 g/mol. The van der Waals surface area contributed by atoms with Gasteiger partial charge in [-0.1, -0.05) is 30.0 Å². The highest BCUT2D eigenvalue weighted by Crippen LogP contribution is 2.18. The van der Waals surface area contributed by atoms with Crippen LogP contribution < -0.4 is 5.32 Å². The number of thiophene rings is 1. The van der Waals surface area contributed by atoms with Crippen LogP contribution in [-0.2, 0) is 25.5 Å². The lowest BCUT2D eigenvalue weighted by molar-refractivity contribution is -0.147. The van der Waals surface area contributed by atoms with Crippen molar-refractivity contribution in [2.45, 2.75) is 6.42 Å². The normalized spacial score (nSPS) is 14.3. The number of carbonyl (C=O) groups is 3. The van der Waals surface area contributed by atoms with Gasteiger partial charge in [0, 0.05) is 18.0 Å². The smallest absolute Gasteiger partial charge is 0.311 e. The van der Waals surface area contributed by atoms with Gasteiger partial charge in [-0.2, -0.15) is 0 Å². The number of esters is 1. The molecule has 2 amide bonds. The van der Waals surface area contributed by atoms with E-state index in [0.717, 1.165) is 4.88 Å². The zero-order valence-electron chi connectivity index (χ0n) is 11.6. The molecular formula is C13H14N2O4S3. The lowest BCUT2D eigenvalue weighted by atomic mass is 10.3. The van der Waals surface area contributed by atoms with Crippen molar-refractivity contribution >= 4 is 57.4 Å². The molecule has 1 aromatic rings. The van der Waals surface area contributed by atoms with Gasteiger partial charge >= 0.3 is 5.97 Å². The molecule has 0 aromatic carbocycles. The minimum Gasteiger partial charge on any atom is -0.455 e. The van der Waals surface area contributed by atoms with Crippen LogP contribution in [0.15, 0.2) is 17.5 Å². The summed E-state index contributed by atoms with van der Waals surface area (Å²) in [5, 5.41) is 4.46. The molecule has 22 heavy (non-hydrogen) atoms. The summed E-state index contributed by atoms with van der Waals surface area (Å²) in [6.07, 6.45) is 0.165. The molecule has 2 rings (SSSR count). The Bertz CT molecular complexity index is 558. The Hall–Kier alpha value is -1.45. The minimum atomic E-state index is -0.440. The monoisotopic (exact) mass is 358 g/mol. The minimum absolute atomic E-state index is 0.0494. The van der Waals surface area contributed by atoms with Gasteiger partial charge in [-0.05, 0) is 11.4 Å². The van der Waals surface area contributed by atoms with Crippen LogP contribution in [0.2, 0.25) is 0 Å². The van der Waals surface area contributed by atoms with Crippen molar-refractivity contribution in [2.24, 2.45) is 0 Å². The van der Waals surface area contributed by atoms with Crippen LogP contribution in [0.1, 0.15) is 4.88 Å². The molecule has 118 valence electrons. The first-order valence-electron chi connectivity index (χ1n) is 6.48. The van der Waals surface area contributed by atoms with Gasteiger partial charge in [0.25, 0.3) is 5.91 Å². The van der Waals surface area contributed by atoms with E-state index in [1.165, 1.54) is 28.0 Å². The van der Waals surface area contributed by atoms with Crippen molar-refractivity contribution in [1.29, 1.82) is 0 Å². The number of thiocarbonyl (C=S) groups is 1. The molecule has 1 aliphatic rings. The van der Waals surface area contributed by atoms with E-state index in [1.54, 1.807) is 0 Å². The quantitative estimate of drug-likeness (QED) is 0.574. The maximum atomic E-state index is 11.6. The molecule has 0 radical (unpaired) electrons. The lowest BCUT2D eigenvalue weighted by Crippen LogP contribution is -2.38. The second-order valence-corrected chi connectivity index (χ2v) is 7.01. The number of carbonyl (C=O) groups excluding carboxylic acids is 3. The molecule has 1 fully saturated rings. The van der Waals surface area contributed by atoms with Crippen LogP contribution in [0.3, 0.4) is 0 Å². The SMILES string of the molecule is O=C(COC(=O)Cc1cccs1)NCCN1C(=O)CSC1=S. The zero-order valence-corrected chi connectivity index (χ0v) is 14.0. The summed E-state index contributed by atoms with van der Waals surface area (Å²) in [5.41, 5.74) is 0. The van der Waals surface area contributed by atoms with E-state index in [-0.39, 0.29) is 25.5 Å². The van der Waals surface area contributed by atoms with Gasteiger partial charge in [-0.25, -0.2) is 0 Å². The molecule has 1 N–H and O–H groups in total. The molecule has 9 heteroatoms. The van der Waals surface area contributed by atoms with Gasteiger partial charge in [0.2, 0.25) is 5.91 Å². The topological polar surface area (TPSA) is 75.7 Å². The van der Waals surface area contributed by atoms with E-state index in [9.17, 15) is 14.4 Å². The van der Waals surface area contributed by atoms with Crippen LogP contribution in [0.5, 0.6) is 0 Å². The summed E-state index contributed by atoms with van der Waals surface area (Å²) in [4.78, 5) is 36.9. The molecule has 0 saturated carbocycles. The second kappa shape index (κ2) is 8.25. The molecule has 0 bridgehead atoms. The molecule has 0 aliphatic carbocycles. The highest BCUT2D eigenvalue weighted by molar-refractivity contribution is 8.23. The van der Waals surface area contributed by atoms with Crippen LogP contribution in [0, 0.1) is 0 Å². The van der Waals surface area contributed by atoms with E-state index in [2.05, 4.69) is 5.32 Å². The largest absolute Gasteiger partial charge is 0.455 e. The summed E-state index contributed by atoms with van der Waals surface area (Å²) in [6.45, 7) is 0.282. The molecule has 2 heterocycles. The highest BCUT2D eigenvalue weighted by atomic mass is 32.2. The van der Waals surface area contributed by atoms with E-state index < -0.39 is 11.9 Å². The number of thioether (sulfide) groups is 1. The standard InChI is InChI=1S/C13H14N2O4S3/c16-10(7-19-12(18)6-9-2-1-5-21-9)14-3-4-15-11(17)8-22-13(15)20/h1-2,5H,3-4,6-8H2,(H,14,16). The van der Waals surface area contributed by atoms with Gasteiger partial charge < -0.3 is 10.1 Å². The first kappa shape index (κ1) is 16.9. The number of nitrogens with zero attached hydrogens (tertiary/aromatic N) is 1. The molecule has 6 nitrogen and oxygen atoms in total. The Balaban J connectivity index is 1.60. The van der Waals surface area contributed by atoms with E-state index in [4.69, 9.17) is 17.0 Å². The third-order valence-corrected chi connectivity index (χ3v) is 5.07. The van der Waals surface area contributed by atoms with E-state index in [1.807, 2.05) is 17.5 Å². The molecule has 1 saturated heterocycles. The number of amides is 2. The molecule has 1 aliphatic heterocycles. The summed E-state index contributed by atoms with van der Waals surface area (Å²) >= 11 is 7.80. The number of hydrogen-bond donors (Lipinski definition) is 1. The fraction of sp³-hybridized carbons (Fsp3) is 0.385. The number of ether oxygens (including phenoxy) is 1. The maximum absolute atomic E-state index is 11.6. The van der Waals surface area contributed by atoms with Gasteiger partial charge in [-0.15, -0.1) is 11.3 Å². The van der Waals surface area contributed by atoms with Crippen molar-refractivity contribution in [3.05, 3.63) is 22.4 Å². The Labute approximate surface area is 141 Å². The maximum Gasteiger partial charge on any atom is 0.311 e. The Morgan fingerprint density at radius 1 is 1.45 bits per heavy atom. The molecule has 0 atom stereocenters. The predicted molar refractivity (Wildman–Crippen MR) is 88.8 cm³/mol. The van der Waals surface area contributed by atoms with Gasteiger partial charge in [0.05, 0.1) is 12.2 Å². The summed E-state index contributed by atoms with van der Waals surface area (Å²) in [7, 11) is 0. The lowest BCUT2D eigenvalue weighted by Gasteiger charge is -2.15. The van der Waals surface area contributed by atoms with E-state index >= 15 is 0 Å². The van der Waals surface area contributed by atoms with Gasteiger partial charge in [0.1, 0.15) is 4.32 Å². The van der Waals surface area contributed by atoms with Crippen LogP contribution in [0.4, 0.5) is 0 Å². The second-order valence-electron chi connectivity index (χ2n) is 4.37. The third-order valence-electron chi connectivity index (χ3n) is 2.76. The van der Waals surface area contributed by atoms with E-state index in [0.29, 0.717) is 16.6 Å².